The van der Waals surface area contributed by atoms with Crippen molar-refractivity contribution in [3.63, 3.8) is 0 Å². The van der Waals surface area contributed by atoms with E-state index in [0.29, 0.717) is 5.56 Å². The first-order chi connectivity index (χ1) is 8.02. The molecule has 7 heteroatoms. The van der Waals surface area contributed by atoms with Gasteiger partial charge in [-0.25, -0.2) is 13.6 Å². The summed E-state index contributed by atoms with van der Waals surface area (Å²) in [4.78, 5) is 15.2. The molecule has 0 aliphatic heterocycles. The zero-order chi connectivity index (χ0) is 13.0. The van der Waals surface area contributed by atoms with Gasteiger partial charge < -0.3 is 10.5 Å². The highest BCUT2D eigenvalue weighted by Crippen LogP contribution is 2.29. The molecule has 0 bridgehead atoms. The van der Waals surface area contributed by atoms with Crippen LogP contribution in [0.4, 0.5) is 14.5 Å². The molecular formula is C10H11BrF2N2O2. The SMILES string of the molecule is CCOC(=O)c1c(CBr)cnc(C(F)F)c1N. The number of carbonyl (C=O) groups excluding carboxylic acids is 1. The second kappa shape index (κ2) is 5.90. The summed E-state index contributed by atoms with van der Waals surface area (Å²) in [5.41, 5.74) is 4.98. The van der Waals surface area contributed by atoms with Crippen LogP contribution >= 0.6 is 15.9 Å². The Kier molecular flexibility index (Phi) is 4.80. The Labute approximate surface area is 105 Å². The van der Waals surface area contributed by atoms with Crippen LogP contribution in [0.2, 0.25) is 0 Å². The molecule has 0 aromatic carbocycles. The number of hydrogen-bond acceptors (Lipinski definition) is 4. The minimum absolute atomic E-state index is 0.0472. The number of nitrogens with two attached hydrogens (primary N) is 1. The molecule has 0 atom stereocenters. The Bertz CT molecular complexity index is 427. The van der Waals surface area contributed by atoms with E-state index in [2.05, 4.69) is 20.9 Å². The molecule has 0 aliphatic rings. The number of nitrogen functional groups attached to an aromatic ring is 1. The van der Waals surface area contributed by atoms with Crippen molar-refractivity contribution in [2.75, 3.05) is 12.3 Å². The van der Waals surface area contributed by atoms with Gasteiger partial charge in [-0.2, -0.15) is 0 Å². The Morgan fingerprint density at radius 1 is 1.65 bits per heavy atom. The van der Waals surface area contributed by atoms with Gasteiger partial charge in [0.1, 0.15) is 5.69 Å². The van der Waals surface area contributed by atoms with E-state index in [1.807, 2.05) is 0 Å². The van der Waals surface area contributed by atoms with E-state index in [-0.39, 0.29) is 23.2 Å². The molecule has 1 heterocycles. The molecule has 0 aliphatic carbocycles. The Morgan fingerprint density at radius 2 is 2.29 bits per heavy atom. The molecule has 17 heavy (non-hydrogen) atoms. The van der Waals surface area contributed by atoms with Gasteiger partial charge in [-0.1, -0.05) is 15.9 Å². The molecular weight excluding hydrogens is 298 g/mol. The molecule has 1 rings (SSSR count). The Hall–Kier alpha value is -1.24. The van der Waals surface area contributed by atoms with Gasteiger partial charge in [-0.15, -0.1) is 0 Å². The summed E-state index contributed by atoms with van der Waals surface area (Å²) < 4.78 is 29.9. The van der Waals surface area contributed by atoms with Gasteiger partial charge in [-0.3, -0.25) is 4.98 Å². The molecule has 0 radical (unpaired) electrons. The Morgan fingerprint density at radius 3 is 2.76 bits per heavy atom. The van der Waals surface area contributed by atoms with Gasteiger partial charge in [0, 0.05) is 11.5 Å². The number of nitrogens with zero attached hydrogens (tertiary/aromatic N) is 1. The van der Waals surface area contributed by atoms with Crippen molar-refractivity contribution >= 4 is 27.6 Å². The fourth-order valence-electron chi connectivity index (χ4n) is 1.30. The largest absolute Gasteiger partial charge is 0.462 e. The number of halogens is 3. The van der Waals surface area contributed by atoms with Gasteiger partial charge >= 0.3 is 5.97 Å². The zero-order valence-corrected chi connectivity index (χ0v) is 10.6. The van der Waals surface area contributed by atoms with Gasteiger partial charge in [0.2, 0.25) is 0 Å². The van der Waals surface area contributed by atoms with E-state index in [9.17, 15) is 13.6 Å². The van der Waals surface area contributed by atoms with Crippen molar-refractivity contribution in [1.29, 1.82) is 0 Å². The number of hydrogen-bond donors (Lipinski definition) is 1. The van der Waals surface area contributed by atoms with Crippen molar-refractivity contribution in [3.05, 3.63) is 23.0 Å². The summed E-state index contributed by atoms with van der Waals surface area (Å²) in [6, 6.07) is 0. The van der Waals surface area contributed by atoms with Crippen LogP contribution in [0.1, 0.15) is 35.0 Å². The summed E-state index contributed by atoms with van der Waals surface area (Å²) in [7, 11) is 0. The maximum atomic E-state index is 12.6. The van der Waals surface area contributed by atoms with Gasteiger partial charge in [0.25, 0.3) is 6.43 Å². The predicted octanol–water partition coefficient (Wildman–Crippen LogP) is 2.67. The van der Waals surface area contributed by atoms with Crippen LogP contribution in [-0.4, -0.2) is 17.6 Å². The summed E-state index contributed by atoms with van der Waals surface area (Å²) >= 11 is 3.13. The molecule has 2 N–H and O–H groups in total. The molecule has 0 spiro atoms. The molecule has 0 fully saturated rings. The maximum absolute atomic E-state index is 12.6. The molecule has 0 saturated heterocycles. The van der Waals surface area contributed by atoms with E-state index in [1.165, 1.54) is 6.20 Å². The second-order valence-corrected chi connectivity index (χ2v) is 3.67. The number of alkyl halides is 3. The van der Waals surface area contributed by atoms with Crippen LogP contribution in [0.3, 0.4) is 0 Å². The van der Waals surface area contributed by atoms with E-state index < -0.39 is 18.1 Å². The van der Waals surface area contributed by atoms with E-state index >= 15 is 0 Å². The molecule has 4 nitrogen and oxygen atoms in total. The van der Waals surface area contributed by atoms with E-state index in [1.54, 1.807) is 6.92 Å². The summed E-state index contributed by atoms with van der Waals surface area (Å²) in [5, 5.41) is 0.280. The van der Waals surface area contributed by atoms with E-state index in [0.717, 1.165) is 0 Å². The maximum Gasteiger partial charge on any atom is 0.340 e. The minimum atomic E-state index is -2.83. The van der Waals surface area contributed by atoms with Crippen LogP contribution in [0, 0.1) is 0 Å². The molecule has 0 unspecified atom stereocenters. The van der Waals surface area contributed by atoms with Crippen molar-refractivity contribution < 1.29 is 18.3 Å². The average molecular weight is 309 g/mol. The van der Waals surface area contributed by atoms with Crippen molar-refractivity contribution in [1.82, 2.24) is 4.98 Å². The van der Waals surface area contributed by atoms with Gasteiger partial charge in [-0.05, 0) is 12.5 Å². The fraction of sp³-hybridized carbons (Fsp3) is 0.400. The molecule has 94 valence electrons. The number of aromatic nitrogens is 1. The number of rotatable bonds is 4. The third kappa shape index (κ3) is 2.91. The van der Waals surface area contributed by atoms with Crippen molar-refractivity contribution in [2.24, 2.45) is 0 Å². The van der Waals surface area contributed by atoms with Crippen LogP contribution in [0.15, 0.2) is 6.20 Å². The zero-order valence-electron chi connectivity index (χ0n) is 9.04. The smallest absolute Gasteiger partial charge is 0.340 e. The normalized spacial score (nSPS) is 10.6. The molecule has 0 amide bonds. The Balaban J connectivity index is 3.32. The first kappa shape index (κ1) is 13.8. The number of esters is 1. The number of carbonyl (C=O) groups is 1. The molecule has 1 aromatic rings. The van der Waals surface area contributed by atoms with Gasteiger partial charge in [0.15, 0.2) is 0 Å². The van der Waals surface area contributed by atoms with Crippen LogP contribution in [-0.2, 0) is 10.1 Å². The second-order valence-electron chi connectivity index (χ2n) is 3.11. The third-order valence-electron chi connectivity index (χ3n) is 2.06. The lowest BCUT2D eigenvalue weighted by Gasteiger charge is -2.12. The highest BCUT2D eigenvalue weighted by atomic mass is 79.9. The first-order valence-corrected chi connectivity index (χ1v) is 5.93. The quantitative estimate of drug-likeness (QED) is 0.686. The fourth-order valence-corrected chi connectivity index (χ4v) is 1.73. The summed E-state index contributed by atoms with van der Waals surface area (Å²) in [6.45, 7) is 1.77. The minimum Gasteiger partial charge on any atom is -0.462 e. The van der Waals surface area contributed by atoms with Crippen molar-refractivity contribution in [3.8, 4) is 0 Å². The number of anilines is 1. The van der Waals surface area contributed by atoms with E-state index in [4.69, 9.17) is 10.5 Å². The summed E-state index contributed by atoms with van der Waals surface area (Å²) in [5.74, 6) is -0.719. The molecule has 0 saturated carbocycles. The van der Waals surface area contributed by atoms with Crippen LogP contribution in [0.25, 0.3) is 0 Å². The lowest BCUT2D eigenvalue weighted by molar-refractivity contribution is 0.0526. The molecule has 1 aromatic heterocycles. The van der Waals surface area contributed by atoms with Crippen LogP contribution < -0.4 is 5.73 Å². The lowest BCUT2D eigenvalue weighted by atomic mass is 10.1. The highest BCUT2D eigenvalue weighted by molar-refractivity contribution is 9.08. The standard InChI is InChI=1S/C10H11BrF2N2O2/c1-2-17-10(16)6-5(3-11)4-15-8(7(6)14)9(12)13/h4,9H,2-3,14H2,1H3. The topological polar surface area (TPSA) is 65.2 Å². The third-order valence-corrected chi connectivity index (χ3v) is 2.66. The highest BCUT2D eigenvalue weighted by Gasteiger charge is 2.23. The van der Waals surface area contributed by atoms with Gasteiger partial charge in [0.05, 0.1) is 17.9 Å². The first-order valence-electron chi connectivity index (χ1n) is 4.81. The summed E-state index contributed by atoms with van der Waals surface area (Å²) in [6.07, 6.45) is -1.63. The number of ether oxygens (including phenoxy) is 1. The van der Waals surface area contributed by atoms with Crippen molar-refractivity contribution in [2.45, 2.75) is 18.7 Å². The number of pyridine rings is 1. The monoisotopic (exact) mass is 308 g/mol. The lowest BCUT2D eigenvalue weighted by Crippen LogP contribution is -2.14. The predicted molar refractivity (Wildman–Crippen MR) is 62.2 cm³/mol. The average Bonchev–Trinajstić information content (AvgIpc) is 2.27. The van der Waals surface area contributed by atoms with Crippen LogP contribution in [0.5, 0.6) is 0 Å².